The van der Waals surface area contributed by atoms with Gasteiger partial charge in [-0.25, -0.2) is 8.42 Å². The van der Waals surface area contributed by atoms with Crippen LogP contribution in [-0.2, 0) is 16.4 Å². The summed E-state index contributed by atoms with van der Waals surface area (Å²) in [5.74, 6) is -0.122. The molecular weight excluding hydrogens is 374 g/mol. The molecule has 1 heterocycles. The quantitative estimate of drug-likeness (QED) is 0.691. The van der Waals surface area contributed by atoms with Gasteiger partial charge in [-0.05, 0) is 55.7 Å². The minimum atomic E-state index is -3.27. The van der Waals surface area contributed by atoms with Gasteiger partial charge >= 0.3 is 0 Å². The molecule has 1 amide bonds. The lowest BCUT2D eigenvalue weighted by Crippen LogP contribution is -2.30. The van der Waals surface area contributed by atoms with Crippen molar-refractivity contribution >= 4 is 27.3 Å². The van der Waals surface area contributed by atoms with Crippen molar-refractivity contribution in [1.29, 1.82) is 0 Å². The first kappa shape index (κ1) is 20.2. The molecule has 0 saturated heterocycles. The first-order chi connectivity index (χ1) is 13.4. The Morgan fingerprint density at radius 1 is 1.18 bits per heavy atom. The lowest BCUT2D eigenvalue weighted by atomic mass is 10.1. The number of para-hydroxylation sites is 1. The SMILES string of the molecule is CCN(CCCNC(=O)c1ccc2c(c1)CCN2S(C)(=O)=O)c1ccccc1. The summed E-state index contributed by atoms with van der Waals surface area (Å²) in [6.45, 7) is 4.93. The van der Waals surface area contributed by atoms with Gasteiger partial charge < -0.3 is 10.2 Å². The molecule has 0 fully saturated rings. The summed E-state index contributed by atoms with van der Waals surface area (Å²) in [6.07, 6.45) is 2.69. The first-order valence-electron chi connectivity index (χ1n) is 9.59. The van der Waals surface area contributed by atoms with Crippen molar-refractivity contribution in [2.45, 2.75) is 19.8 Å². The van der Waals surface area contributed by atoms with E-state index in [-0.39, 0.29) is 5.91 Å². The molecule has 1 aliphatic heterocycles. The fourth-order valence-corrected chi connectivity index (χ4v) is 4.50. The fraction of sp³-hybridized carbons (Fsp3) is 0.381. The average Bonchev–Trinajstić information content (AvgIpc) is 3.12. The second-order valence-electron chi connectivity index (χ2n) is 6.95. The van der Waals surface area contributed by atoms with Crippen molar-refractivity contribution in [3.8, 4) is 0 Å². The van der Waals surface area contributed by atoms with Gasteiger partial charge in [-0.3, -0.25) is 9.10 Å². The van der Waals surface area contributed by atoms with Crippen LogP contribution in [0.25, 0.3) is 0 Å². The zero-order valence-electron chi connectivity index (χ0n) is 16.4. The maximum absolute atomic E-state index is 12.5. The third kappa shape index (κ3) is 4.65. The van der Waals surface area contributed by atoms with Gasteiger partial charge in [-0.1, -0.05) is 18.2 Å². The molecule has 1 N–H and O–H groups in total. The summed E-state index contributed by atoms with van der Waals surface area (Å²) < 4.78 is 25.0. The van der Waals surface area contributed by atoms with E-state index in [4.69, 9.17) is 0 Å². The lowest BCUT2D eigenvalue weighted by Gasteiger charge is -2.23. The number of nitrogens with zero attached hydrogens (tertiary/aromatic N) is 2. The van der Waals surface area contributed by atoms with Crippen LogP contribution in [-0.4, -0.2) is 46.8 Å². The Morgan fingerprint density at radius 2 is 1.93 bits per heavy atom. The highest BCUT2D eigenvalue weighted by Crippen LogP contribution is 2.30. The molecule has 6 nitrogen and oxygen atoms in total. The first-order valence-corrected chi connectivity index (χ1v) is 11.4. The predicted octanol–water partition coefficient (Wildman–Crippen LogP) is 2.66. The molecule has 2 aromatic rings. The molecule has 0 atom stereocenters. The second kappa shape index (κ2) is 8.65. The molecule has 3 rings (SSSR count). The maximum Gasteiger partial charge on any atom is 0.251 e. The normalized spacial score (nSPS) is 13.3. The number of anilines is 2. The van der Waals surface area contributed by atoms with Crippen LogP contribution in [0.2, 0.25) is 0 Å². The Bertz CT molecular complexity index is 929. The van der Waals surface area contributed by atoms with Gasteiger partial charge in [0, 0.05) is 37.4 Å². The zero-order chi connectivity index (χ0) is 20.1. The number of carbonyl (C=O) groups excluding carboxylic acids is 1. The molecule has 0 saturated carbocycles. The summed E-state index contributed by atoms with van der Waals surface area (Å²) in [6, 6.07) is 15.5. The number of nitrogens with one attached hydrogen (secondary N) is 1. The molecule has 0 unspecified atom stereocenters. The summed E-state index contributed by atoms with van der Waals surface area (Å²) in [4.78, 5) is 14.7. The van der Waals surface area contributed by atoms with E-state index in [0.717, 1.165) is 25.1 Å². The van der Waals surface area contributed by atoms with Crippen LogP contribution >= 0.6 is 0 Å². The van der Waals surface area contributed by atoms with Crippen LogP contribution in [0.4, 0.5) is 11.4 Å². The Kier molecular flexibility index (Phi) is 6.24. The Morgan fingerprint density at radius 3 is 2.61 bits per heavy atom. The molecule has 0 aromatic heterocycles. The minimum absolute atomic E-state index is 0.122. The lowest BCUT2D eigenvalue weighted by molar-refractivity contribution is 0.0953. The van der Waals surface area contributed by atoms with Gasteiger partial charge in [0.1, 0.15) is 0 Å². The van der Waals surface area contributed by atoms with Crippen LogP contribution in [0, 0.1) is 0 Å². The van der Waals surface area contributed by atoms with Crippen LogP contribution in [0.3, 0.4) is 0 Å². The third-order valence-electron chi connectivity index (χ3n) is 4.99. The highest BCUT2D eigenvalue weighted by molar-refractivity contribution is 7.92. The zero-order valence-corrected chi connectivity index (χ0v) is 17.2. The molecule has 0 bridgehead atoms. The van der Waals surface area contributed by atoms with E-state index in [9.17, 15) is 13.2 Å². The van der Waals surface area contributed by atoms with Crippen LogP contribution in [0.1, 0.15) is 29.3 Å². The highest BCUT2D eigenvalue weighted by atomic mass is 32.2. The van der Waals surface area contributed by atoms with E-state index in [2.05, 4.69) is 29.3 Å². The minimum Gasteiger partial charge on any atom is -0.372 e. The van der Waals surface area contributed by atoms with Gasteiger partial charge in [0.05, 0.1) is 11.9 Å². The molecule has 28 heavy (non-hydrogen) atoms. The number of fused-ring (bicyclic) bond motifs is 1. The van der Waals surface area contributed by atoms with Crippen molar-refractivity contribution < 1.29 is 13.2 Å². The Balaban J connectivity index is 1.53. The summed E-state index contributed by atoms with van der Waals surface area (Å²) >= 11 is 0. The van der Waals surface area contributed by atoms with Crippen LogP contribution in [0.5, 0.6) is 0 Å². The van der Waals surface area contributed by atoms with Crippen molar-refractivity contribution in [3.05, 3.63) is 59.7 Å². The number of benzene rings is 2. The molecule has 2 aromatic carbocycles. The van der Waals surface area contributed by atoms with Crippen molar-refractivity contribution in [1.82, 2.24) is 5.32 Å². The number of rotatable bonds is 8. The Labute approximate surface area is 167 Å². The average molecular weight is 402 g/mol. The van der Waals surface area contributed by atoms with E-state index < -0.39 is 10.0 Å². The molecule has 0 aliphatic carbocycles. The topological polar surface area (TPSA) is 69.7 Å². The number of hydrogen-bond donors (Lipinski definition) is 1. The smallest absolute Gasteiger partial charge is 0.251 e. The van der Waals surface area contributed by atoms with Gasteiger partial charge in [-0.2, -0.15) is 0 Å². The van der Waals surface area contributed by atoms with E-state index in [1.165, 1.54) is 16.2 Å². The third-order valence-corrected chi connectivity index (χ3v) is 6.17. The summed E-state index contributed by atoms with van der Waals surface area (Å²) in [5, 5.41) is 2.97. The van der Waals surface area contributed by atoms with Crippen LogP contribution < -0.4 is 14.5 Å². The molecule has 1 aliphatic rings. The van der Waals surface area contributed by atoms with E-state index in [0.29, 0.717) is 30.8 Å². The van der Waals surface area contributed by atoms with Crippen LogP contribution in [0.15, 0.2) is 48.5 Å². The van der Waals surface area contributed by atoms with Gasteiger partial charge in [0.15, 0.2) is 0 Å². The van der Waals surface area contributed by atoms with Crippen molar-refractivity contribution in [2.75, 3.05) is 41.6 Å². The summed E-state index contributed by atoms with van der Waals surface area (Å²) in [5.41, 5.74) is 3.34. The predicted molar refractivity (Wildman–Crippen MR) is 114 cm³/mol. The van der Waals surface area contributed by atoms with Crippen molar-refractivity contribution in [3.63, 3.8) is 0 Å². The Hall–Kier alpha value is -2.54. The highest BCUT2D eigenvalue weighted by Gasteiger charge is 2.26. The maximum atomic E-state index is 12.5. The standard InChI is InChI=1S/C21H27N3O3S/c1-3-23(19-8-5-4-6-9-19)14-7-13-22-21(25)18-10-11-20-17(16-18)12-15-24(20)28(2,26)27/h4-6,8-11,16H,3,7,12-15H2,1-2H3,(H,22,25). The fourth-order valence-electron chi connectivity index (χ4n) is 3.54. The number of amides is 1. The van der Waals surface area contributed by atoms with Crippen molar-refractivity contribution in [2.24, 2.45) is 0 Å². The van der Waals surface area contributed by atoms with E-state index in [1.807, 2.05) is 18.2 Å². The largest absolute Gasteiger partial charge is 0.372 e. The summed E-state index contributed by atoms with van der Waals surface area (Å²) in [7, 11) is -3.27. The van der Waals surface area contributed by atoms with E-state index >= 15 is 0 Å². The van der Waals surface area contributed by atoms with Gasteiger partial charge in [0.25, 0.3) is 5.91 Å². The molecule has 0 radical (unpaired) electrons. The van der Waals surface area contributed by atoms with Gasteiger partial charge in [-0.15, -0.1) is 0 Å². The number of carbonyl (C=O) groups is 1. The van der Waals surface area contributed by atoms with E-state index in [1.54, 1.807) is 18.2 Å². The monoisotopic (exact) mass is 401 g/mol. The molecule has 150 valence electrons. The molecular formula is C21H27N3O3S. The number of hydrogen-bond acceptors (Lipinski definition) is 4. The number of sulfonamides is 1. The second-order valence-corrected chi connectivity index (χ2v) is 8.86. The van der Waals surface area contributed by atoms with Gasteiger partial charge in [0.2, 0.25) is 10.0 Å². The molecule has 7 heteroatoms. The molecule has 0 spiro atoms.